The van der Waals surface area contributed by atoms with E-state index in [9.17, 15) is 4.79 Å². The van der Waals surface area contributed by atoms with Crippen LogP contribution in [0, 0.1) is 13.8 Å². The van der Waals surface area contributed by atoms with E-state index in [4.69, 9.17) is 10.8 Å². The molecule has 2 heterocycles. The Morgan fingerprint density at radius 1 is 1.53 bits per heavy atom. The van der Waals surface area contributed by atoms with E-state index in [1.54, 1.807) is 0 Å². The lowest BCUT2D eigenvalue weighted by Crippen LogP contribution is -2.09. The standard InChI is InChI=1S/C9H10N4O2/c1-4-5(2)12-13-7(10)6(9(14)15)3-11-8(4)13/h3H,10H2,1-2H3,(H,14,15). The SMILES string of the molecule is Cc1nn2c(N)c(C(=O)O)cnc2c1C. The van der Waals surface area contributed by atoms with Crippen LogP contribution in [0.5, 0.6) is 0 Å². The molecule has 0 bridgehead atoms. The van der Waals surface area contributed by atoms with Gasteiger partial charge in [-0.3, -0.25) is 0 Å². The number of carbonyl (C=O) groups is 1. The summed E-state index contributed by atoms with van der Waals surface area (Å²) in [6, 6.07) is 0. The smallest absolute Gasteiger partial charge is 0.341 e. The zero-order chi connectivity index (χ0) is 11.2. The fourth-order valence-corrected chi connectivity index (χ4v) is 1.38. The number of hydrogen-bond acceptors (Lipinski definition) is 4. The van der Waals surface area contributed by atoms with Crippen molar-refractivity contribution in [2.24, 2.45) is 0 Å². The van der Waals surface area contributed by atoms with Crippen molar-refractivity contribution in [1.82, 2.24) is 14.6 Å². The van der Waals surface area contributed by atoms with Gasteiger partial charge in [-0.2, -0.15) is 9.61 Å². The van der Waals surface area contributed by atoms with Crippen molar-refractivity contribution in [2.45, 2.75) is 13.8 Å². The minimum Gasteiger partial charge on any atom is -0.477 e. The van der Waals surface area contributed by atoms with Gasteiger partial charge in [0.1, 0.15) is 11.4 Å². The zero-order valence-corrected chi connectivity index (χ0v) is 8.35. The van der Waals surface area contributed by atoms with E-state index in [-0.39, 0.29) is 11.4 Å². The molecule has 0 radical (unpaired) electrons. The minimum absolute atomic E-state index is 0.0370. The molecule has 0 spiro atoms. The van der Waals surface area contributed by atoms with E-state index in [0.29, 0.717) is 5.65 Å². The average molecular weight is 206 g/mol. The molecule has 0 fully saturated rings. The number of aromatic nitrogens is 3. The highest BCUT2D eigenvalue weighted by atomic mass is 16.4. The third kappa shape index (κ3) is 1.22. The van der Waals surface area contributed by atoms with Gasteiger partial charge in [0, 0.05) is 11.8 Å². The van der Waals surface area contributed by atoms with Gasteiger partial charge in [-0.1, -0.05) is 0 Å². The first-order chi connectivity index (χ1) is 7.02. The number of aryl methyl sites for hydroxylation is 2. The summed E-state index contributed by atoms with van der Waals surface area (Å²) in [5.41, 5.74) is 7.93. The molecule has 15 heavy (non-hydrogen) atoms. The lowest BCUT2D eigenvalue weighted by atomic mass is 10.3. The third-order valence-corrected chi connectivity index (χ3v) is 2.38. The maximum absolute atomic E-state index is 10.8. The van der Waals surface area contributed by atoms with Gasteiger partial charge < -0.3 is 10.8 Å². The van der Waals surface area contributed by atoms with Crippen molar-refractivity contribution >= 4 is 17.4 Å². The van der Waals surface area contributed by atoms with Crippen LogP contribution in [-0.2, 0) is 0 Å². The first-order valence-electron chi connectivity index (χ1n) is 4.36. The molecule has 0 saturated carbocycles. The highest BCUT2D eigenvalue weighted by Gasteiger charge is 2.15. The Morgan fingerprint density at radius 3 is 2.80 bits per heavy atom. The highest BCUT2D eigenvalue weighted by Crippen LogP contribution is 2.17. The number of aromatic carboxylic acids is 1. The molecule has 6 nitrogen and oxygen atoms in total. The number of nitrogens with zero attached hydrogens (tertiary/aromatic N) is 3. The van der Waals surface area contributed by atoms with Gasteiger partial charge in [-0.15, -0.1) is 0 Å². The second kappa shape index (κ2) is 2.94. The molecule has 0 aliphatic heterocycles. The van der Waals surface area contributed by atoms with Gasteiger partial charge >= 0.3 is 5.97 Å². The Balaban J connectivity index is 2.85. The summed E-state index contributed by atoms with van der Waals surface area (Å²) in [7, 11) is 0. The second-order valence-corrected chi connectivity index (χ2v) is 3.31. The number of fused-ring (bicyclic) bond motifs is 1. The van der Waals surface area contributed by atoms with Gasteiger partial charge in [-0.25, -0.2) is 9.78 Å². The van der Waals surface area contributed by atoms with Crippen molar-refractivity contribution in [3.63, 3.8) is 0 Å². The first kappa shape index (κ1) is 9.45. The average Bonchev–Trinajstić information content (AvgIpc) is 2.45. The molecule has 0 aromatic carbocycles. The van der Waals surface area contributed by atoms with Gasteiger partial charge in [0.05, 0.1) is 5.69 Å². The number of nitrogen functional groups attached to an aromatic ring is 1. The summed E-state index contributed by atoms with van der Waals surface area (Å²) in [5.74, 6) is -1.00. The number of rotatable bonds is 1. The van der Waals surface area contributed by atoms with Crippen LogP contribution < -0.4 is 5.73 Å². The fourth-order valence-electron chi connectivity index (χ4n) is 1.38. The van der Waals surface area contributed by atoms with Crippen LogP contribution in [-0.4, -0.2) is 25.7 Å². The van der Waals surface area contributed by atoms with Crippen LogP contribution in [0.25, 0.3) is 5.65 Å². The van der Waals surface area contributed by atoms with E-state index in [1.165, 1.54) is 10.7 Å². The summed E-state index contributed by atoms with van der Waals surface area (Å²) in [4.78, 5) is 14.8. The molecular formula is C9H10N4O2. The summed E-state index contributed by atoms with van der Waals surface area (Å²) < 4.78 is 1.36. The van der Waals surface area contributed by atoms with Gasteiger partial charge in [-0.05, 0) is 13.8 Å². The van der Waals surface area contributed by atoms with Crippen LogP contribution in [0.15, 0.2) is 6.20 Å². The predicted molar refractivity (Wildman–Crippen MR) is 53.8 cm³/mol. The monoisotopic (exact) mass is 206 g/mol. The van der Waals surface area contributed by atoms with Crippen molar-refractivity contribution in [3.8, 4) is 0 Å². The topological polar surface area (TPSA) is 93.5 Å². The second-order valence-electron chi connectivity index (χ2n) is 3.31. The van der Waals surface area contributed by atoms with Crippen LogP contribution in [0.2, 0.25) is 0 Å². The predicted octanol–water partition coefficient (Wildman–Crippen LogP) is 0.627. The number of carboxylic acid groups (broad SMARTS) is 1. The Labute approximate surface area is 85.3 Å². The molecule has 2 rings (SSSR count). The largest absolute Gasteiger partial charge is 0.477 e. The lowest BCUT2D eigenvalue weighted by molar-refractivity contribution is 0.0697. The number of anilines is 1. The molecular weight excluding hydrogens is 196 g/mol. The Morgan fingerprint density at radius 2 is 2.20 bits per heavy atom. The maximum Gasteiger partial charge on any atom is 0.341 e. The van der Waals surface area contributed by atoms with Gasteiger partial charge in [0.25, 0.3) is 0 Å². The van der Waals surface area contributed by atoms with Crippen molar-refractivity contribution in [1.29, 1.82) is 0 Å². The molecule has 0 atom stereocenters. The molecule has 78 valence electrons. The summed E-state index contributed by atoms with van der Waals surface area (Å²) in [5, 5.41) is 13.0. The number of carboxylic acids is 1. The quantitative estimate of drug-likeness (QED) is 0.713. The molecule has 0 aliphatic rings. The van der Waals surface area contributed by atoms with Crippen molar-refractivity contribution in [2.75, 3.05) is 5.73 Å². The van der Waals surface area contributed by atoms with E-state index >= 15 is 0 Å². The molecule has 0 amide bonds. The number of hydrogen-bond donors (Lipinski definition) is 2. The molecule has 6 heteroatoms. The summed E-state index contributed by atoms with van der Waals surface area (Å²) >= 11 is 0. The molecule has 0 saturated heterocycles. The maximum atomic E-state index is 10.8. The van der Waals surface area contributed by atoms with E-state index in [1.807, 2.05) is 13.8 Å². The van der Waals surface area contributed by atoms with Gasteiger partial charge in [0.2, 0.25) is 0 Å². The van der Waals surface area contributed by atoms with Crippen molar-refractivity contribution < 1.29 is 9.90 Å². The minimum atomic E-state index is -1.10. The van der Waals surface area contributed by atoms with Crippen LogP contribution in [0.3, 0.4) is 0 Å². The third-order valence-electron chi connectivity index (χ3n) is 2.38. The van der Waals surface area contributed by atoms with E-state index in [0.717, 1.165) is 11.3 Å². The molecule has 2 aromatic rings. The summed E-state index contributed by atoms with van der Waals surface area (Å²) in [6.45, 7) is 3.69. The van der Waals surface area contributed by atoms with Gasteiger partial charge in [0.15, 0.2) is 5.65 Å². The van der Waals surface area contributed by atoms with Crippen LogP contribution >= 0.6 is 0 Å². The first-order valence-corrected chi connectivity index (χ1v) is 4.36. The Bertz CT molecular complexity index is 559. The highest BCUT2D eigenvalue weighted by molar-refractivity contribution is 5.92. The number of nitrogens with two attached hydrogens (primary N) is 1. The lowest BCUT2D eigenvalue weighted by Gasteiger charge is -2.02. The Hall–Kier alpha value is -2.11. The summed E-state index contributed by atoms with van der Waals surface area (Å²) in [6.07, 6.45) is 1.25. The van der Waals surface area contributed by atoms with E-state index in [2.05, 4.69) is 10.1 Å². The van der Waals surface area contributed by atoms with Crippen LogP contribution in [0.4, 0.5) is 5.82 Å². The van der Waals surface area contributed by atoms with Crippen LogP contribution in [0.1, 0.15) is 21.6 Å². The molecule has 0 aliphatic carbocycles. The fraction of sp³-hybridized carbons (Fsp3) is 0.222. The Kier molecular flexibility index (Phi) is 1.85. The normalized spacial score (nSPS) is 10.8. The van der Waals surface area contributed by atoms with E-state index < -0.39 is 5.97 Å². The molecule has 3 N–H and O–H groups in total. The molecule has 0 unspecified atom stereocenters. The zero-order valence-electron chi connectivity index (χ0n) is 8.35. The van der Waals surface area contributed by atoms with Crippen molar-refractivity contribution in [3.05, 3.63) is 23.0 Å². The molecule has 2 aromatic heterocycles.